The molecule has 3 heteroatoms. The van der Waals surface area contributed by atoms with Crippen LogP contribution >= 0.6 is 17.9 Å². The van der Waals surface area contributed by atoms with Gasteiger partial charge in [-0.25, -0.2) is 0 Å². The second-order valence-corrected chi connectivity index (χ2v) is 28.9. The summed E-state index contributed by atoms with van der Waals surface area (Å²) in [5.74, 6) is 0. The van der Waals surface area contributed by atoms with Crippen LogP contribution in [0.15, 0.2) is 10.8 Å². The zero-order valence-electron chi connectivity index (χ0n) is 8.71. The summed E-state index contributed by atoms with van der Waals surface area (Å²) in [5, 5.41) is 4.73. The van der Waals surface area contributed by atoms with Gasteiger partial charge in [0.1, 0.15) is 0 Å². The molecule has 0 N–H and O–H groups in total. The Kier molecular flexibility index (Phi) is 6.32. The van der Waals surface area contributed by atoms with E-state index in [9.17, 15) is 0 Å². The summed E-state index contributed by atoms with van der Waals surface area (Å²) < 4.78 is 3.18. The molecule has 1 rings (SSSR count). The third kappa shape index (κ3) is 4.08. The van der Waals surface area contributed by atoms with Crippen LogP contribution < -0.4 is 0 Å². The Hall–Kier alpha value is 1.24. The van der Waals surface area contributed by atoms with Gasteiger partial charge in [-0.05, 0) is 0 Å². The molecule has 0 saturated heterocycles. The van der Waals surface area contributed by atoms with Crippen molar-refractivity contribution >= 4 is 33.5 Å². The standard InChI is InChI=1S/2C4H9.C2H4S2.Sn/c2*1-3-4-2;3-1-2-4;/h2*1,3-4H2,2H3;1-4H;/q;;;+2/p-2. The van der Waals surface area contributed by atoms with E-state index >= 15 is 0 Å². The first-order valence-electron chi connectivity index (χ1n) is 5.33. The minimum absolute atomic E-state index is 1.38. The summed E-state index contributed by atoms with van der Waals surface area (Å²) >= 11 is -1.71. The van der Waals surface area contributed by atoms with Crippen molar-refractivity contribution in [2.75, 3.05) is 0 Å². The zero-order chi connectivity index (χ0) is 9.57. The molecule has 0 unspecified atom stereocenters. The van der Waals surface area contributed by atoms with Crippen LogP contribution in [0, 0.1) is 0 Å². The predicted molar refractivity (Wildman–Crippen MR) is 69.5 cm³/mol. The first-order valence-corrected chi connectivity index (χ1v) is 18.1. The summed E-state index contributed by atoms with van der Waals surface area (Å²) in [6.45, 7) is 4.63. The van der Waals surface area contributed by atoms with E-state index in [1.807, 2.05) is 0 Å². The molecule has 1 aliphatic heterocycles. The van der Waals surface area contributed by atoms with E-state index in [-0.39, 0.29) is 0 Å². The van der Waals surface area contributed by atoms with Crippen LogP contribution in [0.3, 0.4) is 0 Å². The van der Waals surface area contributed by atoms with Crippen molar-refractivity contribution in [3.63, 3.8) is 0 Å². The normalized spacial score (nSPS) is 19.5. The summed E-state index contributed by atoms with van der Waals surface area (Å²) in [6, 6.07) is 0. The molecule has 0 aromatic carbocycles. The Morgan fingerprint density at radius 1 is 0.923 bits per heavy atom. The van der Waals surface area contributed by atoms with Gasteiger partial charge >= 0.3 is 92.7 Å². The first kappa shape index (κ1) is 12.3. The SMILES string of the molecule is CCC[CH2][Sn]1([CH2]CCC)[S]C=C[S]1. The van der Waals surface area contributed by atoms with Crippen LogP contribution in [0.25, 0.3) is 0 Å². The molecule has 0 aliphatic carbocycles. The van der Waals surface area contributed by atoms with E-state index in [2.05, 4.69) is 42.6 Å². The van der Waals surface area contributed by atoms with Crippen molar-refractivity contribution in [2.45, 2.75) is 48.4 Å². The average Bonchev–Trinajstić information content (AvgIpc) is 2.61. The van der Waals surface area contributed by atoms with Crippen molar-refractivity contribution in [2.24, 2.45) is 0 Å². The molecule has 0 aromatic rings. The van der Waals surface area contributed by atoms with Gasteiger partial charge in [-0.2, -0.15) is 0 Å². The van der Waals surface area contributed by atoms with Crippen LogP contribution in [0.4, 0.5) is 0 Å². The molecule has 0 fully saturated rings. The fourth-order valence-corrected chi connectivity index (χ4v) is 27.7. The molecule has 0 atom stereocenters. The molecule has 1 aliphatic rings. The molecule has 13 heavy (non-hydrogen) atoms. The van der Waals surface area contributed by atoms with E-state index in [1.54, 1.807) is 8.87 Å². The van der Waals surface area contributed by atoms with Crippen molar-refractivity contribution < 1.29 is 0 Å². The van der Waals surface area contributed by atoms with Gasteiger partial charge in [-0.15, -0.1) is 0 Å². The molecule has 0 spiro atoms. The Morgan fingerprint density at radius 3 is 1.77 bits per heavy atom. The fraction of sp³-hybridized carbons (Fsp3) is 0.800. The zero-order valence-corrected chi connectivity index (χ0v) is 13.2. The molecule has 0 nitrogen and oxygen atoms in total. The molecule has 76 valence electrons. The van der Waals surface area contributed by atoms with Crippen LogP contribution in [-0.2, 0) is 0 Å². The van der Waals surface area contributed by atoms with E-state index in [4.69, 9.17) is 0 Å². The van der Waals surface area contributed by atoms with Crippen LogP contribution in [0.1, 0.15) is 39.5 Å². The van der Waals surface area contributed by atoms with E-state index in [1.165, 1.54) is 25.7 Å². The van der Waals surface area contributed by atoms with Gasteiger partial charge in [-0.3, -0.25) is 0 Å². The second kappa shape index (κ2) is 6.67. The molecule has 0 saturated carbocycles. The monoisotopic (exact) mass is 324 g/mol. The van der Waals surface area contributed by atoms with Crippen LogP contribution in [-0.4, -0.2) is 15.6 Å². The van der Waals surface area contributed by atoms with Crippen molar-refractivity contribution in [1.82, 2.24) is 0 Å². The Balaban J connectivity index is 2.34. The van der Waals surface area contributed by atoms with E-state index < -0.39 is 15.6 Å². The molecular weight excluding hydrogens is 303 g/mol. The number of hydrogen-bond acceptors (Lipinski definition) is 2. The van der Waals surface area contributed by atoms with Crippen molar-refractivity contribution in [3.05, 3.63) is 10.8 Å². The number of rotatable bonds is 6. The Bertz CT molecular complexity index is 150. The van der Waals surface area contributed by atoms with Crippen LogP contribution in [0.2, 0.25) is 8.87 Å². The quantitative estimate of drug-likeness (QED) is 0.632. The summed E-state index contributed by atoms with van der Waals surface area (Å²) in [5.41, 5.74) is 0. The predicted octanol–water partition coefficient (Wildman–Crippen LogP) is 4.98. The van der Waals surface area contributed by atoms with Gasteiger partial charge in [0.15, 0.2) is 0 Å². The number of unbranched alkanes of at least 4 members (excludes halogenated alkanes) is 2. The summed E-state index contributed by atoms with van der Waals surface area (Å²) in [6.07, 6.45) is 5.71. The van der Waals surface area contributed by atoms with Gasteiger partial charge in [0.2, 0.25) is 0 Å². The molecule has 0 bridgehead atoms. The third-order valence-corrected chi connectivity index (χ3v) is 29.4. The fourth-order valence-electron chi connectivity index (χ4n) is 1.58. The van der Waals surface area contributed by atoms with E-state index in [0.29, 0.717) is 0 Å². The molecule has 0 radical (unpaired) electrons. The van der Waals surface area contributed by atoms with Gasteiger partial charge in [0, 0.05) is 0 Å². The van der Waals surface area contributed by atoms with E-state index in [0.717, 1.165) is 0 Å². The molecule has 0 amide bonds. The van der Waals surface area contributed by atoms with Crippen molar-refractivity contribution in [3.8, 4) is 0 Å². The van der Waals surface area contributed by atoms with Gasteiger partial charge < -0.3 is 0 Å². The molecule has 0 aromatic heterocycles. The molecular formula is C10H20S2Sn. The average molecular weight is 323 g/mol. The van der Waals surface area contributed by atoms with Gasteiger partial charge in [0.05, 0.1) is 0 Å². The number of hydrogen-bond donors (Lipinski definition) is 0. The summed E-state index contributed by atoms with van der Waals surface area (Å²) in [4.78, 5) is 0. The van der Waals surface area contributed by atoms with Crippen molar-refractivity contribution in [1.29, 1.82) is 0 Å². The van der Waals surface area contributed by atoms with Gasteiger partial charge in [0.25, 0.3) is 0 Å². The first-order chi connectivity index (χ1) is 6.33. The maximum absolute atomic E-state index is 2.37. The Morgan fingerprint density at radius 2 is 1.38 bits per heavy atom. The minimum atomic E-state index is -1.71. The topological polar surface area (TPSA) is 0 Å². The van der Waals surface area contributed by atoms with Crippen LogP contribution in [0.5, 0.6) is 0 Å². The Labute approximate surface area is 92.1 Å². The maximum atomic E-state index is 2.37. The third-order valence-electron chi connectivity index (χ3n) is 2.44. The summed E-state index contributed by atoms with van der Waals surface area (Å²) in [7, 11) is 4.52. The molecule has 1 heterocycles. The second-order valence-electron chi connectivity index (χ2n) is 3.63. The van der Waals surface area contributed by atoms with Gasteiger partial charge in [-0.1, -0.05) is 0 Å².